The number of rotatable bonds is 6. The maximum atomic E-state index is 4.88. The summed E-state index contributed by atoms with van der Waals surface area (Å²) in [7, 11) is 2.18. The molecule has 1 aliphatic heterocycles. The fraction of sp³-hybridized carbons (Fsp3) is 0.500. The number of likely N-dealkylation sites (N-methyl/N-ethyl adjacent to an activating group) is 1. The van der Waals surface area contributed by atoms with Gasteiger partial charge in [0, 0.05) is 50.0 Å². The van der Waals surface area contributed by atoms with Gasteiger partial charge in [-0.25, -0.2) is 15.0 Å². The SMILES string of the molecule is CCCNc1nc(-c2ccc(N3CCN(C)CC3)cc2)nc2c1ncn2C(C)C. The highest BCUT2D eigenvalue weighted by atomic mass is 15.2. The van der Waals surface area contributed by atoms with E-state index in [0.29, 0.717) is 6.04 Å². The fourth-order valence-corrected chi connectivity index (χ4v) is 3.68. The number of fused-ring (bicyclic) bond motifs is 1. The summed E-state index contributed by atoms with van der Waals surface area (Å²) in [5, 5.41) is 3.43. The lowest BCUT2D eigenvalue weighted by atomic mass is 10.1. The summed E-state index contributed by atoms with van der Waals surface area (Å²) in [5.74, 6) is 1.55. The third-order valence-electron chi connectivity index (χ3n) is 5.51. The fourth-order valence-electron chi connectivity index (χ4n) is 3.68. The number of imidazole rings is 1. The van der Waals surface area contributed by atoms with Crippen LogP contribution in [0, 0.1) is 0 Å². The van der Waals surface area contributed by atoms with E-state index in [1.54, 1.807) is 0 Å². The largest absolute Gasteiger partial charge is 0.369 e. The second-order valence-electron chi connectivity index (χ2n) is 8.08. The van der Waals surface area contributed by atoms with Crippen molar-refractivity contribution in [2.45, 2.75) is 33.2 Å². The third kappa shape index (κ3) is 4.05. The van der Waals surface area contributed by atoms with Crippen molar-refractivity contribution in [3.63, 3.8) is 0 Å². The van der Waals surface area contributed by atoms with Gasteiger partial charge in [-0.3, -0.25) is 0 Å². The van der Waals surface area contributed by atoms with Gasteiger partial charge in [0.2, 0.25) is 0 Å². The number of anilines is 2. The zero-order valence-electron chi connectivity index (χ0n) is 17.9. The van der Waals surface area contributed by atoms with Gasteiger partial charge in [-0.2, -0.15) is 0 Å². The number of hydrogen-bond donors (Lipinski definition) is 1. The summed E-state index contributed by atoms with van der Waals surface area (Å²) in [5.41, 5.74) is 4.01. The van der Waals surface area contributed by atoms with E-state index < -0.39 is 0 Å². The number of hydrogen-bond acceptors (Lipinski definition) is 6. The Morgan fingerprint density at radius 1 is 1.03 bits per heavy atom. The van der Waals surface area contributed by atoms with Gasteiger partial charge in [0.1, 0.15) is 5.52 Å². The average molecular weight is 394 g/mol. The molecule has 0 saturated carbocycles. The molecule has 29 heavy (non-hydrogen) atoms. The van der Waals surface area contributed by atoms with Crippen molar-refractivity contribution in [3.8, 4) is 11.4 Å². The minimum atomic E-state index is 0.293. The summed E-state index contributed by atoms with van der Waals surface area (Å²) in [6.07, 6.45) is 2.90. The highest BCUT2D eigenvalue weighted by Crippen LogP contribution is 2.27. The summed E-state index contributed by atoms with van der Waals surface area (Å²) < 4.78 is 2.11. The Morgan fingerprint density at radius 2 is 1.76 bits per heavy atom. The van der Waals surface area contributed by atoms with Crippen LogP contribution in [-0.4, -0.2) is 64.2 Å². The summed E-state index contributed by atoms with van der Waals surface area (Å²) in [4.78, 5) is 19.1. The van der Waals surface area contributed by atoms with E-state index in [9.17, 15) is 0 Å². The van der Waals surface area contributed by atoms with Gasteiger partial charge in [0.15, 0.2) is 17.3 Å². The molecule has 7 heteroatoms. The van der Waals surface area contributed by atoms with E-state index in [2.05, 4.69) is 76.8 Å². The predicted octanol–water partition coefficient (Wildman–Crippen LogP) is 3.65. The van der Waals surface area contributed by atoms with E-state index in [-0.39, 0.29) is 0 Å². The molecule has 3 heterocycles. The van der Waals surface area contributed by atoms with E-state index in [4.69, 9.17) is 9.97 Å². The Bertz CT molecular complexity index is 953. The molecule has 0 amide bonds. The molecule has 1 N–H and O–H groups in total. The van der Waals surface area contributed by atoms with Crippen molar-refractivity contribution in [2.24, 2.45) is 0 Å². The van der Waals surface area contributed by atoms with Crippen LogP contribution in [0.4, 0.5) is 11.5 Å². The third-order valence-corrected chi connectivity index (χ3v) is 5.51. The average Bonchev–Trinajstić information content (AvgIpc) is 3.17. The zero-order chi connectivity index (χ0) is 20.4. The highest BCUT2D eigenvalue weighted by molar-refractivity contribution is 5.85. The van der Waals surface area contributed by atoms with Crippen molar-refractivity contribution in [1.29, 1.82) is 0 Å². The molecule has 0 radical (unpaired) electrons. The molecule has 4 rings (SSSR count). The molecule has 1 fully saturated rings. The van der Waals surface area contributed by atoms with Crippen molar-refractivity contribution < 1.29 is 0 Å². The Morgan fingerprint density at radius 3 is 2.41 bits per heavy atom. The maximum absolute atomic E-state index is 4.88. The van der Waals surface area contributed by atoms with Gasteiger partial charge >= 0.3 is 0 Å². The van der Waals surface area contributed by atoms with Crippen LogP contribution in [0.25, 0.3) is 22.6 Å². The number of aromatic nitrogens is 4. The molecule has 1 aliphatic rings. The Kier molecular flexibility index (Phi) is 5.67. The van der Waals surface area contributed by atoms with Crippen LogP contribution in [0.3, 0.4) is 0 Å². The first kappa shape index (κ1) is 19.6. The van der Waals surface area contributed by atoms with Gasteiger partial charge in [-0.05, 0) is 51.6 Å². The van der Waals surface area contributed by atoms with Crippen LogP contribution in [0.15, 0.2) is 30.6 Å². The number of nitrogens with zero attached hydrogens (tertiary/aromatic N) is 6. The number of benzene rings is 1. The second-order valence-corrected chi connectivity index (χ2v) is 8.08. The van der Waals surface area contributed by atoms with Crippen LogP contribution in [-0.2, 0) is 0 Å². The first-order valence-electron chi connectivity index (χ1n) is 10.6. The van der Waals surface area contributed by atoms with E-state index in [0.717, 1.165) is 67.5 Å². The van der Waals surface area contributed by atoms with Crippen LogP contribution >= 0.6 is 0 Å². The van der Waals surface area contributed by atoms with E-state index >= 15 is 0 Å². The van der Waals surface area contributed by atoms with Gasteiger partial charge in [-0.15, -0.1) is 0 Å². The normalized spacial score (nSPS) is 15.4. The molecule has 0 unspecified atom stereocenters. The van der Waals surface area contributed by atoms with Gasteiger partial charge in [0.05, 0.1) is 6.33 Å². The lowest BCUT2D eigenvalue weighted by Gasteiger charge is -2.34. The standard InChI is InChI=1S/C22H31N7/c1-5-10-23-21-19-22(29(15-24-19)16(2)3)26-20(25-21)17-6-8-18(9-7-17)28-13-11-27(4)12-14-28/h6-9,15-16H,5,10-14H2,1-4H3,(H,23,25,26). The monoisotopic (exact) mass is 393 g/mol. The molecule has 0 bridgehead atoms. The van der Waals surface area contributed by atoms with Crippen molar-refractivity contribution >= 4 is 22.7 Å². The first-order valence-corrected chi connectivity index (χ1v) is 10.6. The molecule has 0 spiro atoms. The molecule has 1 aromatic carbocycles. The summed E-state index contributed by atoms with van der Waals surface area (Å²) in [6.45, 7) is 11.6. The van der Waals surface area contributed by atoms with Crippen molar-refractivity contribution in [1.82, 2.24) is 24.4 Å². The summed E-state index contributed by atoms with van der Waals surface area (Å²) >= 11 is 0. The molecular formula is C22H31N7. The van der Waals surface area contributed by atoms with Crippen LogP contribution in [0.1, 0.15) is 33.2 Å². The van der Waals surface area contributed by atoms with Crippen LogP contribution in [0.2, 0.25) is 0 Å². The smallest absolute Gasteiger partial charge is 0.166 e. The van der Waals surface area contributed by atoms with Crippen LogP contribution in [0.5, 0.6) is 0 Å². The molecule has 154 valence electrons. The van der Waals surface area contributed by atoms with Gasteiger partial charge in [0.25, 0.3) is 0 Å². The molecule has 0 aliphatic carbocycles. The Hall–Kier alpha value is -2.67. The quantitative estimate of drug-likeness (QED) is 0.690. The van der Waals surface area contributed by atoms with Crippen molar-refractivity contribution in [3.05, 3.63) is 30.6 Å². The summed E-state index contributed by atoms with van der Waals surface area (Å²) in [6, 6.07) is 8.94. The van der Waals surface area contributed by atoms with Crippen LogP contribution < -0.4 is 10.2 Å². The first-order chi connectivity index (χ1) is 14.1. The van der Waals surface area contributed by atoms with Gasteiger partial charge < -0.3 is 19.7 Å². The Balaban J connectivity index is 1.68. The molecule has 7 nitrogen and oxygen atoms in total. The second kappa shape index (κ2) is 8.37. The molecule has 1 saturated heterocycles. The number of nitrogens with one attached hydrogen (secondary N) is 1. The minimum absolute atomic E-state index is 0.293. The van der Waals surface area contributed by atoms with Crippen molar-refractivity contribution in [2.75, 3.05) is 50.0 Å². The lowest BCUT2D eigenvalue weighted by Crippen LogP contribution is -2.44. The number of piperazine rings is 1. The zero-order valence-corrected chi connectivity index (χ0v) is 17.9. The topological polar surface area (TPSA) is 62.1 Å². The predicted molar refractivity (Wildman–Crippen MR) is 120 cm³/mol. The Labute approximate surface area is 172 Å². The van der Waals surface area contributed by atoms with E-state index in [1.807, 2.05) is 6.33 Å². The maximum Gasteiger partial charge on any atom is 0.166 e. The molecular weight excluding hydrogens is 362 g/mol. The molecule has 0 atom stereocenters. The molecule has 2 aromatic heterocycles. The van der Waals surface area contributed by atoms with Gasteiger partial charge in [-0.1, -0.05) is 6.92 Å². The highest BCUT2D eigenvalue weighted by Gasteiger charge is 2.17. The lowest BCUT2D eigenvalue weighted by molar-refractivity contribution is 0.313. The molecule has 3 aromatic rings. The van der Waals surface area contributed by atoms with E-state index in [1.165, 1.54) is 5.69 Å². The minimum Gasteiger partial charge on any atom is -0.369 e.